The second-order valence-corrected chi connectivity index (χ2v) is 5.37. The number of hydrogen-bond acceptors (Lipinski definition) is 4. The van der Waals surface area contributed by atoms with Gasteiger partial charge in [0.05, 0.1) is 22.6 Å². The molecule has 0 atom stereocenters. The first-order valence-electron chi connectivity index (χ1n) is 6.51. The van der Waals surface area contributed by atoms with Crippen LogP contribution in [0.5, 0.6) is 11.5 Å². The maximum absolute atomic E-state index is 11.0. The Kier molecular flexibility index (Phi) is 5.41. The Morgan fingerprint density at radius 2 is 2.04 bits per heavy atom. The van der Waals surface area contributed by atoms with Gasteiger partial charge >= 0.3 is 0 Å². The van der Waals surface area contributed by atoms with Crippen molar-refractivity contribution in [3.8, 4) is 11.5 Å². The number of nitro benzene ring substituents is 1. The fourth-order valence-electron chi connectivity index (χ4n) is 1.81. The molecule has 120 valence electrons. The third-order valence-electron chi connectivity index (χ3n) is 2.86. The second kappa shape index (κ2) is 7.30. The number of rotatable bonds is 5. The smallest absolute Gasteiger partial charge is 0.275 e. The van der Waals surface area contributed by atoms with E-state index in [2.05, 4.69) is 4.99 Å². The number of non-ortho nitro benzene ring substituents is 1. The van der Waals surface area contributed by atoms with Crippen molar-refractivity contribution in [1.82, 2.24) is 0 Å². The molecule has 6 nitrogen and oxygen atoms in total. The molecule has 8 heteroatoms. The third kappa shape index (κ3) is 4.58. The normalized spacial score (nSPS) is 11.3. The molecule has 0 aliphatic heterocycles. The van der Waals surface area contributed by atoms with Crippen molar-refractivity contribution in [2.75, 3.05) is 5.88 Å². The summed E-state index contributed by atoms with van der Waals surface area (Å²) in [7, 11) is 0. The minimum atomic E-state index is -0.532. The van der Waals surface area contributed by atoms with Crippen LogP contribution in [0.2, 0.25) is 5.02 Å². The number of alkyl halides is 1. The fraction of sp³-hybridized carbons (Fsp3) is 0.133. The van der Waals surface area contributed by atoms with Crippen LogP contribution in [0.1, 0.15) is 5.56 Å². The van der Waals surface area contributed by atoms with Crippen LogP contribution in [0.15, 0.2) is 41.4 Å². The quantitative estimate of drug-likeness (QED) is 0.280. The van der Waals surface area contributed by atoms with E-state index in [-0.39, 0.29) is 28.8 Å². The lowest BCUT2D eigenvalue weighted by molar-refractivity contribution is -0.384. The highest BCUT2D eigenvalue weighted by Gasteiger charge is 2.12. The number of halogens is 2. The summed E-state index contributed by atoms with van der Waals surface area (Å²) in [5.74, 6) is 0.949. The van der Waals surface area contributed by atoms with Crippen LogP contribution in [-0.2, 0) is 0 Å². The molecule has 2 aromatic rings. The number of nitrogens with two attached hydrogens (primary N) is 1. The summed E-state index contributed by atoms with van der Waals surface area (Å²) in [6.45, 7) is 1.83. The molecule has 0 saturated heterocycles. The third-order valence-corrected chi connectivity index (χ3v) is 3.56. The molecule has 0 saturated carbocycles. The first-order valence-corrected chi connectivity index (χ1v) is 7.43. The average Bonchev–Trinajstić information content (AvgIpc) is 2.50. The summed E-state index contributed by atoms with van der Waals surface area (Å²) in [6, 6.07) is 9.23. The van der Waals surface area contributed by atoms with Crippen molar-refractivity contribution in [3.05, 3.63) is 57.1 Å². The van der Waals surface area contributed by atoms with Gasteiger partial charge < -0.3 is 10.5 Å². The van der Waals surface area contributed by atoms with Gasteiger partial charge in [-0.2, -0.15) is 0 Å². The van der Waals surface area contributed by atoms with Crippen molar-refractivity contribution >= 4 is 40.4 Å². The zero-order chi connectivity index (χ0) is 17.0. The lowest BCUT2D eigenvalue weighted by Crippen LogP contribution is -2.12. The molecule has 2 aromatic carbocycles. The van der Waals surface area contributed by atoms with Crippen LogP contribution in [0.25, 0.3) is 0 Å². The average molecular weight is 354 g/mol. The van der Waals surface area contributed by atoms with E-state index in [9.17, 15) is 10.1 Å². The summed E-state index contributed by atoms with van der Waals surface area (Å²) >= 11 is 11.5. The molecule has 0 spiro atoms. The number of benzene rings is 2. The highest BCUT2D eigenvalue weighted by atomic mass is 35.5. The molecule has 0 aliphatic carbocycles. The number of nitrogens with zero attached hydrogens (tertiary/aromatic N) is 2. The van der Waals surface area contributed by atoms with E-state index in [4.69, 9.17) is 33.7 Å². The van der Waals surface area contributed by atoms with Crippen molar-refractivity contribution in [2.24, 2.45) is 10.7 Å². The first kappa shape index (κ1) is 17.1. The Morgan fingerprint density at radius 1 is 1.30 bits per heavy atom. The molecule has 0 bridgehead atoms. The Hall–Kier alpha value is -2.31. The fourth-order valence-corrected chi connectivity index (χ4v) is 1.99. The molecule has 0 amide bonds. The molecule has 0 aliphatic rings. The number of amidine groups is 1. The van der Waals surface area contributed by atoms with E-state index < -0.39 is 4.92 Å². The van der Waals surface area contributed by atoms with Crippen LogP contribution in [0.4, 0.5) is 11.4 Å². The van der Waals surface area contributed by atoms with Gasteiger partial charge in [-0.15, -0.1) is 11.6 Å². The van der Waals surface area contributed by atoms with Crippen LogP contribution in [-0.4, -0.2) is 16.6 Å². The zero-order valence-electron chi connectivity index (χ0n) is 12.1. The monoisotopic (exact) mass is 353 g/mol. The summed E-state index contributed by atoms with van der Waals surface area (Å²) in [4.78, 5) is 14.5. The topological polar surface area (TPSA) is 90.8 Å². The molecule has 0 fully saturated rings. The Morgan fingerprint density at radius 3 is 2.65 bits per heavy atom. The van der Waals surface area contributed by atoms with Gasteiger partial charge in [0.15, 0.2) is 0 Å². The summed E-state index contributed by atoms with van der Waals surface area (Å²) < 4.78 is 5.65. The number of aryl methyl sites for hydroxylation is 1. The molecular weight excluding hydrogens is 341 g/mol. The van der Waals surface area contributed by atoms with E-state index in [1.165, 1.54) is 18.2 Å². The van der Waals surface area contributed by atoms with Gasteiger partial charge in [-0.3, -0.25) is 10.1 Å². The number of ether oxygens (including phenoxy) is 1. The number of nitro groups is 1. The van der Waals surface area contributed by atoms with Crippen LogP contribution < -0.4 is 10.5 Å². The largest absolute Gasteiger partial charge is 0.457 e. The highest BCUT2D eigenvalue weighted by molar-refractivity contribution is 6.31. The lowest BCUT2D eigenvalue weighted by atomic mass is 10.2. The minimum Gasteiger partial charge on any atom is -0.457 e. The first-order chi connectivity index (χ1) is 10.9. The van der Waals surface area contributed by atoms with Gasteiger partial charge in [-0.25, -0.2) is 4.99 Å². The van der Waals surface area contributed by atoms with Crippen molar-refractivity contribution in [3.63, 3.8) is 0 Å². The van der Waals surface area contributed by atoms with E-state index in [1.54, 1.807) is 18.2 Å². The van der Waals surface area contributed by atoms with E-state index in [0.29, 0.717) is 10.8 Å². The van der Waals surface area contributed by atoms with E-state index in [0.717, 1.165) is 5.56 Å². The lowest BCUT2D eigenvalue weighted by Gasteiger charge is -2.08. The maximum Gasteiger partial charge on any atom is 0.275 e. The molecule has 0 radical (unpaired) electrons. The van der Waals surface area contributed by atoms with Gasteiger partial charge in [0.1, 0.15) is 17.3 Å². The molecule has 2 N–H and O–H groups in total. The molecular formula is C15H13Cl2N3O3. The molecule has 2 rings (SSSR count). The Balaban J connectivity index is 2.40. The molecule has 0 heterocycles. The van der Waals surface area contributed by atoms with Crippen LogP contribution in [0.3, 0.4) is 0 Å². The Labute approximate surface area is 142 Å². The van der Waals surface area contributed by atoms with Crippen molar-refractivity contribution in [2.45, 2.75) is 6.92 Å². The van der Waals surface area contributed by atoms with Gasteiger partial charge in [-0.1, -0.05) is 11.6 Å². The van der Waals surface area contributed by atoms with Gasteiger partial charge in [0, 0.05) is 17.2 Å². The van der Waals surface area contributed by atoms with Crippen LogP contribution >= 0.6 is 23.2 Å². The van der Waals surface area contributed by atoms with Gasteiger partial charge in [0.2, 0.25) is 0 Å². The maximum atomic E-state index is 11.0. The second-order valence-electron chi connectivity index (χ2n) is 4.69. The highest BCUT2D eigenvalue weighted by Crippen LogP contribution is 2.32. The van der Waals surface area contributed by atoms with E-state index in [1.807, 2.05) is 6.92 Å². The molecule has 23 heavy (non-hydrogen) atoms. The predicted octanol–water partition coefficient (Wildman–Crippen LogP) is 4.58. The van der Waals surface area contributed by atoms with Crippen molar-refractivity contribution in [1.29, 1.82) is 0 Å². The van der Waals surface area contributed by atoms with Gasteiger partial charge in [-0.05, 0) is 30.7 Å². The molecule has 0 aromatic heterocycles. The summed E-state index contributed by atoms with van der Waals surface area (Å²) in [5, 5.41) is 11.6. The summed E-state index contributed by atoms with van der Waals surface area (Å²) in [6.07, 6.45) is 0. The Bertz CT molecular complexity index is 779. The SMILES string of the molecule is Cc1cc(Oc2cc(N=C(N)CCl)cc([N+](=O)[O-])c2)ccc1Cl. The molecule has 0 unspecified atom stereocenters. The standard InChI is InChI=1S/C15H13Cl2N3O3/c1-9-4-12(2-3-14(9)17)23-13-6-10(19-15(18)8-16)5-11(7-13)20(21)22/h2-7H,8H2,1H3,(H2,18,19). The predicted molar refractivity (Wildman–Crippen MR) is 91.4 cm³/mol. The van der Waals surface area contributed by atoms with Crippen molar-refractivity contribution < 1.29 is 9.66 Å². The summed E-state index contributed by atoms with van der Waals surface area (Å²) in [5.41, 5.74) is 6.53. The zero-order valence-corrected chi connectivity index (χ0v) is 13.6. The number of hydrogen-bond donors (Lipinski definition) is 1. The van der Waals surface area contributed by atoms with Gasteiger partial charge in [0.25, 0.3) is 5.69 Å². The van der Waals surface area contributed by atoms with E-state index >= 15 is 0 Å². The van der Waals surface area contributed by atoms with Crippen LogP contribution in [0, 0.1) is 17.0 Å². The number of aliphatic imine (C=N–C) groups is 1. The minimum absolute atomic E-state index is 0.0231.